The third kappa shape index (κ3) is 4.59. The first-order valence-electron chi connectivity index (χ1n) is 7.72. The molecule has 2 rings (SSSR count). The van der Waals surface area contributed by atoms with E-state index in [1.807, 2.05) is 43.3 Å². The number of nitrogens with one attached hydrogen (secondary N) is 1. The van der Waals surface area contributed by atoms with Crippen molar-refractivity contribution in [2.24, 2.45) is 0 Å². The zero-order valence-corrected chi connectivity index (χ0v) is 14.4. The maximum atomic E-state index is 12.2. The van der Waals surface area contributed by atoms with Gasteiger partial charge in [0.1, 0.15) is 5.75 Å². The molecule has 2 aromatic carbocycles. The van der Waals surface area contributed by atoms with E-state index in [9.17, 15) is 9.59 Å². The summed E-state index contributed by atoms with van der Waals surface area (Å²) in [4.78, 5) is 25.6. The minimum Gasteiger partial charge on any atom is -0.481 e. The number of hydrogen-bond acceptors (Lipinski definition) is 4. The molecule has 126 valence electrons. The summed E-state index contributed by atoms with van der Waals surface area (Å²) in [5, 5.41) is 2.82. The summed E-state index contributed by atoms with van der Waals surface area (Å²) in [6.07, 6.45) is -0.680. The number of carbonyl (C=O) groups excluding carboxylic acids is 2. The lowest BCUT2D eigenvalue weighted by Gasteiger charge is -2.16. The Labute approximate surface area is 142 Å². The smallest absolute Gasteiger partial charge is 0.265 e. The van der Waals surface area contributed by atoms with E-state index in [4.69, 9.17) is 4.74 Å². The third-order valence-corrected chi connectivity index (χ3v) is 3.57. The Morgan fingerprint density at radius 3 is 2.33 bits per heavy atom. The van der Waals surface area contributed by atoms with Gasteiger partial charge in [-0.3, -0.25) is 9.59 Å². The molecule has 0 spiro atoms. The molecule has 24 heavy (non-hydrogen) atoms. The number of ketones is 1. The second-order valence-electron chi connectivity index (χ2n) is 5.77. The van der Waals surface area contributed by atoms with E-state index in [0.717, 1.165) is 5.69 Å². The SMILES string of the molecule is CC(=O)c1cccc(OC(C)C(=O)Nc2ccc(N(C)C)cc2)c1. The minimum absolute atomic E-state index is 0.0430. The quantitative estimate of drug-likeness (QED) is 0.827. The molecule has 5 heteroatoms. The lowest BCUT2D eigenvalue weighted by atomic mass is 10.1. The van der Waals surface area contributed by atoms with E-state index in [1.165, 1.54) is 6.92 Å². The zero-order chi connectivity index (χ0) is 17.7. The molecule has 5 nitrogen and oxygen atoms in total. The van der Waals surface area contributed by atoms with Crippen LogP contribution in [0.15, 0.2) is 48.5 Å². The first kappa shape index (κ1) is 17.5. The van der Waals surface area contributed by atoms with E-state index in [-0.39, 0.29) is 11.7 Å². The lowest BCUT2D eigenvalue weighted by Crippen LogP contribution is -2.30. The third-order valence-electron chi connectivity index (χ3n) is 3.57. The normalized spacial score (nSPS) is 11.5. The molecule has 1 atom stereocenters. The van der Waals surface area contributed by atoms with Gasteiger partial charge in [-0.15, -0.1) is 0 Å². The van der Waals surface area contributed by atoms with E-state index in [0.29, 0.717) is 17.0 Å². The monoisotopic (exact) mass is 326 g/mol. The predicted octanol–water partition coefficient (Wildman–Crippen LogP) is 3.36. The van der Waals surface area contributed by atoms with Crippen LogP contribution in [0.1, 0.15) is 24.2 Å². The summed E-state index contributed by atoms with van der Waals surface area (Å²) in [5.41, 5.74) is 2.32. The van der Waals surface area contributed by atoms with Crippen molar-refractivity contribution in [3.8, 4) is 5.75 Å². The van der Waals surface area contributed by atoms with Crippen molar-refractivity contribution >= 4 is 23.1 Å². The number of ether oxygens (including phenoxy) is 1. The molecule has 0 aromatic heterocycles. The Hall–Kier alpha value is -2.82. The molecule has 0 fully saturated rings. The van der Waals surface area contributed by atoms with Crippen molar-refractivity contribution in [1.29, 1.82) is 0 Å². The molecule has 1 unspecified atom stereocenters. The zero-order valence-electron chi connectivity index (χ0n) is 14.4. The summed E-state index contributed by atoms with van der Waals surface area (Å²) >= 11 is 0. The second-order valence-corrected chi connectivity index (χ2v) is 5.77. The summed E-state index contributed by atoms with van der Waals surface area (Å²) in [6.45, 7) is 3.16. The van der Waals surface area contributed by atoms with Crippen LogP contribution in [0.5, 0.6) is 5.75 Å². The predicted molar refractivity (Wildman–Crippen MR) is 95.9 cm³/mol. The van der Waals surface area contributed by atoms with Crippen molar-refractivity contribution < 1.29 is 14.3 Å². The molecule has 1 amide bonds. The highest BCUT2D eigenvalue weighted by Crippen LogP contribution is 2.18. The molecule has 0 radical (unpaired) electrons. The Balaban J connectivity index is 1.99. The van der Waals surface area contributed by atoms with Gasteiger partial charge >= 0.3 is 0 Å². The number of hydrogen-bond donors (Lipinski definition) is 1. The number of rotatable bonds is 6. The van der Waals surface area contributed by atoms with Crippen LogP contribution < -0.4 is 15.0 Å². The number of amides is 1. The molecule has 1 N–H and O–H groups in total. The van der Waals surface area contributed by atoms with Crippen molar-refractivity contribution in [2.45, 2.75) is 20.0 Å². The molecule has 0 saturated heterocycles. The maximum absolute atomic E-state index is 12.2. The van der Waals surface area contributed by atoms with Crippen LogP contribution in [0.25, 0.3) is 0 Å². The number of benzene rings is 2. The van der Waals surface area contributed by atoms with E-state index >= 15 is 0 Å². The first-order valence-corrected chi connectivity index (χ1v) is 7.72. The van der Waals surface area contributed by atoms with Gasteiger partial charge in [-0.1, -0.05) is 12.1 Å². The van der Waals surface area contributed by atoms with Gasteiger partial charge in [0.15, 0.2) is 11.9 Å². The van der Waals surface area contributed by atoms with E-state index < -0.39 is 6.10 Å². The van der Waals surface area contributed by atoms with Gasteiger partial charge in [0.2, 0.25) is 0 Å². The Kier molecular flexibility index (Phi) is 5.58. The highest BCUT2D eigenvalue weighted by molar-refractivity contribution is 5.95. The summed E-state index contributed by atoms with van der Waals surface area (Å²) in [5.74, 6) is 0.202. The van der Waals surface area contributed by atoms with Crippen LogP contribution in [-0.2, 0) is 4.79 Å². The minimum atomic E-state index is -0.680. The Bertz CT molecular complexity index is 724. The highest BCUT2D eigenvalue weighted by Gasteiger charge is 2.15. The van der Waals surface area contributed by atoms with E-state index in [1.54, 1.807) is 31.2 Å². The summed E-state index contributed by atoms with van der Waals surface area (Å²) in [7, 11) is 3.91. The number of carbonyl (C=O) groups is 2. The van der Waals surface area contributed by atoms with Crippen molar-refractivity contribution in [1.82, 2.24) is 0 Å². The van der Waals surface area contributed by atoms with Crippen LogP contribution in [0.3, 0.4) is 0 Å². The Morgan fingerprint density at radius 1 is 1.08 bits per heavy atom. The second kappa shape index (κ2) is 7.64. The maximum Gasteiger partial charge on any atom is 0.265 e. The van der Waals surface area contributed by atoms with Gasteiger partial charge < -0.3 is 15.0 Å². The molecule has 0 saturated carbocycles. The van der Waals surface area contributed by atoms with Crippen molar-refractivity contribution in [3.05, 3.63) is 54.1 Å². The van der Waals surface area contributed by atoms with E-state index in [2.05, 4.69) is 5.32 Å². The van der Waals surface area contributed by atoms with Crippen molar-refractivity contribution in [3.63, 3.8) is 0 Å². The standard InChI is InChI=1S/C19H22N2O3/c1-13(22)15-6-5-7-18(12-15)24-14(2)19(23)20-16-8-10-17(11-9-16)21(3)4/h5-12,14H,1-4H3,(H,20,23). The largest absolute Gasteiger partial charge is 0.481 e. The first-order chi connectivity index (χ1) is 11.4. The average Bonchev–Trinajstić information content (AvgIpc) is 2.55. The van der Waals surface area contributed by atoms with Crippen LogP contribution in [0, 0.1) is 0 Å². The van der Waals surface area contributed by atoms with Gasteiger partial charge in [-0.2, -0.15) is 0 Å². The molecule has 0 aliphatic rings. The topological polar surface area (TPSA) is 58.6 Å². The van der Waals surface area contributed by atoms with Gasteiger partial charge in [-0.25, -0.2) is 0 Å². The summed E-state index contributed by atoms with van der Waals surface area (Å²) < 4.78 is 5.63. The lowest BCUT2D eigenvalue weighted by molar-refractivity contribution is -0.122. The molecule has 2 aromatic rings. The fourth-order valence-electron chi connectivity index (χ4n) is 2.13. The average molecular weight is 326 g/mol. The summed E-state index contributed by atoms with van der Waals surface area (Å²) in [6, 6.07) is 14.4. The molecule has 0 heterocycles. The Morgan fingerprint density at radius 2 is 1.75 bits per heavy atom. The van der Waals surface area contributed by atoms with Gasteiger partial charge in [-0.05, 0) is 50.2 Å². The van der Waals surface area contributed by atoms with Crippen LogP contribution in [0.2, 0.25) is 0 Å². The van der Waals surface area contributed by atoms with Crippen LogP contribution >= 0.6 is 0 Å². The highest BCUT2D eigenvalue weighted by atomic mass is 16.5. The van der Waals surface area contributed by atoms with Gasteiger partial charge in [0, 0.05) is 31.0 Å². The molecular weight excluding hydrogens is 304 g/mol. The van der Waals surface area contributed by atoms with Crippen molar-refractivity contribution in [2.75, 3.05) is 24.3 Å². The van der Waals surface area contributed by atoms with Gasteiger partial charge in [0.25, 0.3) is 5.91 Å². The molecule has 0 aliphatic carbocycles. The number of Topliss-reactive ketones (excluding diaryl/α,β-unsaturated/α-hetero) is 1. The fourth-order valence-corrected chi connectivity index (χ4v) is 2.13. The molecular formula is C19H22N2O3. The fraction of sp³-hybridized carbons (Fsp3) is 0.263. The molecule has 0 bridgehead atoms. The van der Waals surface area contributed by atoms with Crippen LogP contribution in [-0.4, -0.2) is 31.9 Å². The van der Waals surface area contributed by atoms with Gasteiger partial charge in [0.05, 0.1) is 0 Å². The molecule has 0 aliphatic heterocycles. The number of anilines is 2. The number of nitrogens with zero attached hydrogens (tertiary/aromatic N) is 1. The van der Waals surface area contributed by atoms with Crippen LogP contribution in [0.4, 0.5) is 11.4 Å².